The Labute approximate surface area is 167 Å². The molecule has 2 aliphatic heterocycles. The highest BCUT2D eigenvalue weighted by atomic mass is 16.1. The minimum Gasteiger partial charge on any atom is -0.371 e. The Kier molecular flexibility index (Phi) is 6.22. The molecule has 1 aromatic carbocycles. The first-order valence-corrected chi connectivity index (χ1v) is 10.6. The highest BCUT2D eigenvalue weighted by Crippen LogP contribution is 2.20. The molecule has 2 fully saturated rings. The van der Waals surface area contributed by atoms with Gasteiger partial charge in [0.15, 0.2) is 0 Å². The Bertz CT molecular complexity index is 777. The standard InChI is InChI=1S/C23H30N4O/c28-23(22-16-21(10-11-24-22)27-14-4-5-15-27)25-17-19-6-8-20(9-7-19)18-26-12-2-1-3-13-26/h6-11,16H,1-5,12-15,17-18H2,(H,25,28). The zero-order valence-electron chi connectivity index (χ0n) is 16.6. The molecule has 148 valence electrons. The van der Waals surface area contributed by atoms with Crippen molar-refractivity contribution in [3.63, 3.8) is 0 Å². The molecule has 2 aromatic rings. The largest absolute Gasteiger partial charge is 0.371 e. The van der Waals surface area contributed by atoms with Crippen LogP contribution in [0.5, 0.6) is 0 Å². The van der Waals surface area contributed by atoms with Crippen molar-refractivity contribution in [3.05, 3.63) is 59.4 Å². The highest BCUT2D eigenvalue weighted by molar-refractivity contribution is 5.93. The van der Waals surface area contributed by atoms with Gasteiger partial charge >= 0.3 is 0 Å². The molecule has 0 saturated carbocycles. The summed E-state index contributed by atoms with van der Waals surface area (Å²) in [5.74, 6) is -0.113. The van der Waals surface area contributed by atoms with Crippen molar-refractivity contribution in [2.75, 3.05) is 31.1 Å². The van der Waals surface area contributed by atoms with Crippen LogP contribution in [0.2, 0.25) is 0 Å². The van der Waals surface area contributed by atoms with Crippen LogP contribution in [0.25, 0.3) is 0 Å². The molecule has 3 heterocycles. The van der Waals surface area contributed by atoms with Gasteiger partial charge in [0.25, 0.3) is 5.91 Å². The lowest BCUT2D eigenvalue weighted by Gasteiger charge is -2.26. The SMILES string of the molecule is O=C(NCc1ccc(CN2CCCCC2)cc1)c1cc(N2CCCC2)ccn1. The van der Waals surface area contributed by atoms with Gasteiger partial charge in [0.05, 0.1) is 0 Å². The number of anilines is 1. The topological polar surface area (TPSA) is 48.5 Å². The number of likely N-dealkylation sites (tertiary alicyclic amines) is 1. The van der Waals surface area contributed by atoms with Crippen LogP contribution in [0.1, 0.15) is 53.7 Å². The van der Waals surface area contributed by atoms with E-state index in [1.807, 2.05) is 12.1 Å². The molecule has 5 nitrogen and oxygen atoms in total. The number of aromatic nitrogens is 1. The molecule has 1 aromatic heterocycles. The summed E-state index contributed by atoms with van der Waals surface area (Å²) in [7, 11) is 0. The van der Waals surface area contributed by atoms with Crippen molar-refractivity contribution in [3.8, 4) is 0 Å². The van der Waals surface area contributed by atoms with Gasteiger partial charge in [0.1, 0.15) is 5.69 Å². The zero-order chi connectivity index (χ0) is 19.2. The molecule has 0 bridgehead atoms. The van der Waals surface area contributed by atoms with Gasteiger partial charge in [-0.25, -0.2) is 0 Å². The van der Waals surface area contributed by atoms with Crippen molar-refractivity contribution >= 4 is 11.6 Å². The fourth-order valence-corrected chi connectivity index (χ4v) is 4.13. The average molecular weight is 379 g/mol. The number of pyridine rings is 1. The van der Waals surface area contributed by atoms with Gasteiger partial charge in [-0.05, 0) is 62.0 Å². The molecule has 1 amide bonds. The third-order valence-corrected chi connectivity index (χ3v) is 5.78. The first-order chi connectivity index (χ1) is 13.8. The minimum atomic E-state index is -0.113. The van der Waals surface area contributed by atoms with Crippen LogP contribution in [-0.4, -0.2) is 42.0 Å². The first-order valence-electron chi connectivity index (χ1n) is 10.6. The maximum atomic E-state index is 12.5. The summed E-state index contributed by atoms with van der Waals surface area (Å²) < 4.78 is 0. The summed E-state index contributed by atoms with van der Waals surface area (Å²) in [5, 5.41) is 3.00. The quantitative estimate of drug-likeness (QED) is 0.834. The van der Waals surface area contributed by atoms with Crippen molar-refractivity contribution in [1.29, 1.82) is 0 Å². The number of carbonyl (C=O) groups is 1. The molecule has 0 spiro atoms. The fourth-order valence-electron chi connectivity index (χ4n) is 4.13. The summed E-state index contributed by atoms with van der Waals surface area (Å²) in [4.78, 5) is 21.6. The summed E-state index contributed by atoms with van der Waals surface area (Å²) in [6.07, 6.45) is 8.17. The number of nitrogens with one attached hydrogen (secondary N) is 1. The van der Waals surface area contributed by atoms with Crippen molar-refractivity contribution < 1.29 is 4.79 Å². The normalized spacial score (nSPS) is 17.6. The van der Waals surface area contributed by atoms with Gasteiger partial charge in [0.2, 0.25) is 0 Å². The molecule has 1 N–H and O–H groups in total. The number of hydrogen-bond donors (Lipinski definition) is 1. The number of nitrogens with zero attached hydrogens (tertiary/aromatic N) is 3. The Morgan fingerprint density at radius 2 is 1.57 bits per heavy atom. The Balaban J connectivity index is 1.30. The third-order valence-electron chi connectivity index (χ3n) is 5.78. The molecule has 4 rings (SSSR count). The van der Waals surface area contributed by atoms with E-state index in [4.69, 9.17) is 0 Å². The van der Waals surface area contributed by atoms with Crippen LogP contribution in [0.4, 0.5) is 5.69 Å². The second-order valence-electron chi connectivity index (χ2n) is 7.93. The van der Waals surface area contributed by atoms with E-state index in [-0.39, 0.29) is 5.91 Å². The minimum absolute atomic E-state index is 0.113. The van der Waals surface area contributed by atoms with Crippen molar-refractivity contribution in [2.45, 2.75) is 45.2 Å². The number of amides is 1. The monoisotopic (exact) mass is 378 g/mol. The molecule has 0 radical (unpaired) electrons. The van der Waals surface area contributed by atoms with Gasteiger partial charge in [-0.15, -0.1) is 0 Å². The van der Waals surface area contributed by atoms with Crippen molar-refractivity contribution in [2.24, 2.45) is 0 Å². The summed E-state index contributed by atoms with van der Waals surface area (Å²) in [6.45, 7) is 6.10. The van der Waals surface area contributed by atoms with E-state index in [9.17, 15) is 4.79 Å². The smallest absolute Gasteiger partial charge is 0.270 e. The lowest BCUT2D eigenvalue weighted by atomic mass is 10.1. The second-order valence-corrected chi connectivity index (χ2v) is 7.93. The van der Waals surface area contributed by atoms with E-state index in [1.165, 1.54) is 50.8 Å². The van der Waals surface area contributed by atoms with Gasteiger partial charge in [-0.1, -0.05) is 30.7 Å². The van der Waals surface area contributed by atoms with Crippen LogP contribution in [0.3, 0.4) is 0 Å². The number of carbonyl (C=O) groups excluding carboxylic acids is 1. The van der Waals surface area contributed by atoms with E-state index in [1.54, 1.807) is 6.20 Å². The zero-order valence-corrected chi connectivity index (χ0v) is 16.6. The van der Waals surface area contributed by atoms with Gasteiger partial charge < -0.3 is 10.2 Å². The second kappa shape index (κ2) is 9.20. The molecule has 28 heavy (non-hydrogen) atoms. The lowest BCUT2D eigenvalue weighted by Crippen LogP contribution is -2.29. The van der Waals surface area contributed by atoms with Crippen molar-refractivity contribution in [1.82, 2.24) is 15.2 Å². The molecule has 2 aliphatic rings. The molecule has 0 aliphatic carbocycles. The van der Waals surface area contributed by atoms with E-state index in [0.29, 0.717) is 12.2 Å². The molecule has 0 atom stereocenters. The maximum Gasteiger partial charge on any atom is 0.270 e. The number of hydrogen-bond acceptors (Lipinski definition) is 4. The predicted molar refractivity (Wildman–Crippen MR) is 112 cm³/mol. The maximum absolute atomic E-state index is 12.5. The third kappa shape index (κ3) is 4.90. The molecular weight excluding hydrogens is 348 g/mol. The number of rotatable bonds is 6. The molecular formula is C23H30N4O. The Morgan fingerprint density at radius 1 is 0.893 bits per heavy atom. The fraction of sp³-hybridized carbons (Fsp3) is 0.478. The van der Waals surface area contributed by atoms with E-state index >= 15 is 0 Å². The summed E-state index contributed by atoms with van der Waals surface area (Å²) in [5.41, 5.74) is 4.05. The van der Waals surface area contributed by atoms with Crippen LogP contribution in [-0.2, 0) is 13.1 Å². The van der Waals surface area contributed by atoms with Crippen LogP contribution < -0.4 is 10.2 Å². The van der Waals surface area contributed by atoms with Crippen LogP contribution in [0, 0.1) is 0 Å². The summed E-state index contributed by atoms with van der Waals surface area (Å²) >= 11 is 0. The Hall–Kier alpha value is -2.40. The molecule has 5 heteroatoms. The van der Waals surface area contributed by atoms with Gasteiger partial charge in [0, 0.05) is 38.1 Å². The van der Waals surface area contributed by atoms with Gasteiger partial charge in [-0.2, -0.15) is 0 Å². The Morgan fingerprint density at radius 3 is 2.32 bits per heavy atom. The number of benzene rings is 1. The number of piperidine rings is 1. The van der Waals surface area contributed by atoms with E-state index in [2.05, 4.69) is 44.4 Å². The lowest BCUT2D eigenvalue weighted by molar-refractivity contribution is 0.0946. The van der Waals surface area contributed by atoms with Gasteiger partial charge in [-0.3, -0.25) is 14.7 Å². The van der Waals surface area contributed by atoms with Crippen LogP contribution >= 0.6 is 0 Å². The molecule has 0 unspecified atom stereocenters. The molecule has 2 saturated heterocycles. The summed E-state index contributed by atoms with van der Waals surface area (Å²) in [6, 6.07) is 12.5. The highest BCUT2D eigenvalue weighted by Gasteiger charge is 2.15. The average Bonchev–Trinajstić information content (AvgIpc) is 3.29. The first kappa shape index (κ1) is 18.9. The van der Waals surface area contributed by atoms with E-state index < -0.39 is 0 Å². The predicted octanol–water partition coefficient (Wildman–Crippen LogP) is 3.60. The van der Waals surface area contributed by atoms with Crippen LogP contribution in [0.15, 0.2) is 42.6 Å². The van der Waals surface area contributed by atoms with E-state index in [0.717, 1.165) is 30.9 Å².